The van der Waals surface area contributed by atoms with Gasteiger partial charge < -0.3 is 0 Å². The Morgan fingerprint density at radius 1 is 1.36 bits per heavy atom. The molecule has 14 heavy (non-hydrogen) atoms. The Kier molecular flexibility index (Phi) is 3.23. The highest BCUT2D eigenvalue weighted by Crippen LogP contribution is 2.23. The molecule has 1 atom stereocenters. The van der Waals surface area contributed by atoms with E-state index in [1.807, 2.05) is 0 Å². The Hall–Kier alpha value is -0.940. The zero-order chi connectivity index (χ0) is 10.8. The van der Waals surface area contributed by atoms with Crippen molar-refractivity contribution in [3.8, 4) is 0 Å². The van der Waals surface area contributed by atoms with Crippen molar-refractivity contribution >= 4 is 10.0 Å². The predicted molar refractivity (Wildman–Crippen MR) is 52.5 cm³/mol. The van der Waals surface area contributed by atoms with Crippen LogP contribution in [-0.2, 0) is 10.0 Å². The molecule has 2 N–H and O–H groups in total. The van der Waals surface area contributed by atoms with Crippen LogP contribution in [0.1, 0.15) is 24.2 Å². The molecular formula is C9H12FNO2S. The van der Waals surface area contributed by atoms with E-state index in [0.717, 1.165) is 0 Å². The molecule has 0 heterocycles. The van der Waals surface area contributed by atoms with Crippen LogP contribution in [0, 0.1) is 5.82 Å². The van der Waals surface area contributed by atoms with Crippen molar-refractivity contribution in [1.82, 2.24) is 0 Å². The number of sulfonamides is 1. The molecule has 0 fully saturated rings. The second kappa shape index (κ2) is 4.06. The second-order valence-electron chi connectivity index (χ2n) is 3.04. The van der Waals surface area contributed by atoms with Gasteiger partial charge in [0.25, 0.3) is 0 Å². The summed E-state index contributed by atoms with van der Waals surface area (Å²) in [5.41, 5.74) is 0.524. The second-order valence-corrected chi connectivity index (χ2v) is 4.78. The van der Waals surface area contributed by atoms with Gasteiger partial charge in [-0.25, -0.2) is 17.9 Å². The van der Waals surface area contributed by atoms with E-state index in [2.05, 4.69) is 0 Å². The normalized spacial score (nSPS) is 13.9. The van der Waals surface area contributed by atoms with Crippen LogP contribution in [-0.4, -0.2) is 8.42 Å². The molecule has 0 aliphatic rings. The average Bonchev–Trinajstić information content (AvgIpc) is 2.07. The van der Waals surface area contributed by atoms with Crippen molar-refractivity contribution < 1.29 is 12.8 Å². The molecule has 0 aliphatic heterocycles. The number of rotatable bonds is 3. The van der Waals surface area contributed by atoms with Crippen molar-refractivity contribution in [1.29, 1.82) is 0 Å². The van der Waals surface area contributed by atoms with Crippen LogP contribution in [0.3, 0.4) is 0 Å². The molecule has 5 heteroatoms. The third-order valence-corrected chi connectivity index (χ3v) is 3.41. The quantitative estimate of drug-likeness (QED) is 0.835. The van der Waals surface area contributed by atoms with Gasteiger partial charge in [-0.3, -0.25) is 0 Å². The maximum Gasteiger partial charge on any atom is 0.216 e. The third-order valence-electron chi connectivity index (χ3n) is 2.01. The van der Waals surface area contributed by atoms with Crippen molar-refractivity contribution in [2.45, 2.75) is 18.6 Å². The molecule has 0 radical (unpaired) electrons. The highest BCUT2D eigenvalue weighted by Gasteiger charge is 2.20. The number of primary sulfonamides is 1. The van der Waals surface area contributed by atoms with Crippen molar-refractivity contribution in [3.63, 3.8) is 0 Å². The molecule has 0 amide bonds. The van der Waals surface area contributed by atoms with E-state index in [0.29, 0.717) is 12.0 Å². The van der Waals surface area contributed by atoms with Crippen molar-refractivity contribution in [3.05, 3.63) is 35.6 Å². The van der Waals surface area contributed by atoms with Gasteiger partial charge >= 0.3 is 0 Å². The SMILES string of the molecule is CCC(c1ccc(F)cc1)S(N)(=O)=O. The summed E-state index contributed by atoms with van der Waals surface area (Å²) in [5.74, 6) is -0.391. The summed E-state index contributed by atoms with van der Waals surface area (Å²) < 4.78 is 34.8. The van der Waals surface area contributed by atoms with E-state index < -0.39 is 21.1 Å². The van der Waals surface area contributed by atoms with Gasteiger partial charge in [0, 0.05) is 0 Å². The molecule has 0 bridgehead atoms. The van der Waals surface area contributed by atoms with Crippen molar-refractivity contribution in [2.75, 3.05) is 0 Å². The molecule has 0 aromatic heterocycles. The third kappa shape index (κ3) is 2.52. The monoisotopic (exact) mass is 217 g/mol. The van der Waals surface area contributed by atoms with Crippen LogP contribution >= 0.6 is 0 Å². The topological polar surface area (TPSA) is 60.2 Å². The number of hydrogen-bond acceptors (Lipinski definition) is 2. The van der Waals surface area contributed by atoms with E-state index in [1.54, 1.807) is 6.92 Å². The van der Waals surface area contributed by atoms with E-state index in [1.165, 1.54) is 24.3 Å². The lowest BCUT2D eigenvalue weighted by molar-refractivity contribution is 0.580. The van der Waals surface area contributed by atoms with Crippen LogP contribution in [0.4, 0.5) is 4.39 Å². The summed E-state index contributed by atoms with van der Waals surface area (Å²) in [7, 11) is -3.60. The molecule has 1 aromatic rings. The molecular weight excluding hydrogens is 205 g/mol. The predicted octanol–water partition coefficient (Wildman–Crippen LogP) is 1.57. The van der Waals surface area contributed by atoms with Crippen molar-refractivity contribution in [2.24, 2.45) is 5.14 Å². The Labute approximate surface area is 82.8 Å². The highest BCUT2D eigenvalue weighted by molar-refractivity contribution is 7.89. The number of benzene rings is 1. The van der Waals surface area contributed by atoms with Gasteiger partial charge in [-0.05, 0) is 24.1 Å². The summed E-state index contributed by atoms with van der Waals surface area (Å²) in [4.78, 5) is 0. The number of nitrogens with two attached hydrogens (primary N) is 1. The Balaban J connectivity index is 3.08. The largest absolute Gasteiger partial charge is 0.228 e. The lowest BCUT2D eigenvalue weighted by Gasteiger charge is -2.12. The summed E-state index contributed by atoms with van der Waals surface area (Å²) in [6, 6.07) is 5.33. The Morgan fingerprint density at radius 3 is 2.21 bits per heavy atom. The molecule has 78 valence electrons. The van der Waals surface area contributed by atoms with Gasteiger partial charge in [0.15, 0.2) is 0 Å². The van der Waals surface area contributed by atoms with Crippen LogP contribution in [0.5, 0.6) is 0 Å². The molecule has 0 saturated heterocycles. The van der Waals surface area contributed by atoms with Crippen LogP contribution in [0.25, 0.3) is 0 Å². The Bertz CT molecular complexity index is 399. The van der Waals surface area contributed by atoms with Gasteiger partial charge in [0.05, 0.1) is 5.25 Å². The zero-order valence-electron chi connectivity index (χ0n) is 7.77. The Morgan fingerprint density at radius 2 is 1.86 bits per heavy atom. The zero-order valence-corrected chi connectivity index (χ0v) is 8.59. The van der Waals surface area contributed by atoms with Gasteiger partial charge in [-0.2, -0.15) is 0 Å². The van der Waals surface area contributed by atoms with E-state index in [4.69, 9.17) is 5.14 Å². The minimum atomic E-state index is -3.60. The smallest absolute Gasteiger partial charge is 0.216 e. The summed E-state index contributed by atoms with van der Waals surface area (Å²) in [5, 5.41) is 4.29. The van der Waals surface area contributed by atoms with E-state index in [-0.39, 0.29) is 0 Å². The van der Waals surface area contributed by atoms with Crippen LogP contribution < -0.4 is 5.14 Å². The molecule has 0 aliphatic carbocycles. The van der Waals surface area contributed by atoms with Gasteiger partial charge in [-0.1, -0.05) is 19.1 Å². The fourth-order valence-electron chi connectivity index (χ4n) is 1.34. The highest BCUT2D eigenvalue weighted by atomic mass is 32.2. The maximum absolute atomic E-state index is 12.6. The van der Waals surface area contributed by atoms with Gasteiger partial charge in [0.2, 0.25) is 10.0 Å². The van der Waals surface area contributed by atoms with Crippen LogP contribution in [0.15, 0.2) is 24.3 Å². The van der Waals surface area contributed by atoms with Crippen LogP contribution in [0.2, 0.25) is 0 Å². The number of hydrogen-bond donors (Lipinski definition) is 1. The fraction of sp³-hybridized carbons (Fsp3) is 0.333. The van der Waals surface area contributed by atoms with E-state index in [9.17, 15) is 12.8 Å². The maximum atomic E-state index is 12.6. The first kappa shape index (κ1) is 11.1. The minimum Gasteiger partial charge on any atom is -0.228 e. The minimum absolute atomic E-state index is 0.379. The summed E-state index contributed by atoms with van der Waals surface area (Å²) in [6.45, 7) is 1.72. The fourth-order valence-corrected chi connectivity index (χ4v) is 2.34. The summed E-state index contributed by atoms with van der Waals surface area (Å²) >= 11 is 0. The first-order valence-electron chi connectivity index (χ1n) is 4.22. The molecule has 0 spiro atoms. The molecule has 3 nitrogen and oxygen atoms in total. The number of halogens is 1. The average molecular weight is 217 g/mol. The molecule has 0 saturated carbocycles. The van der Waals surface area contributed by atoms with E-state index >= 15 is 0 Å². The summed E-state index contributed by atoms with van der Waals surface area (Å²) in [6.07, 6.45) is 0.379. The lowest BCUT2D eigenvalue weighted by atomic mass is 10.1. The molecule has 1 rings (SSSR count). The molecule has 1 unspecified atom stereocenters. The standard InChI is InChI=1S/C9H12FNO2S/c1-2-9(14(11,12)13)7-3-5-8(10)6-4-7/h3-6,9H,2H2,1H3,(H2,11,12,13). The first-order valence-corrected chi connectivity index (χ1v) is 5.83. The first-order chi connectivity index (χ1) is 6.45. The lowest BCUT2D eigenvalue weighted by Crippen LogP contribution is -2.21. The van der Waals surface area contributed by atoms with Gasteiger partial charge in [0.1, 0.15) is 5.82 Å². The van der Waals surface area contributed by atoms with Gasteiger partial charge in [-0.15, -0.1) is 0 Å². The molecule has 1 aromatic carbocycles.